The van der Waals surface area contributed by atoms with Gasteiger partial charge in [-0.2, -0.15) is 0 Å². The fourth-order valence-electron chi connectivity index (χ4n) is 2.77. The van der Waals surface area contributed by atoms with Crippen LogP contribution in [-0.2, 0) is 6.42 Å². The maximum absolute atomic E-state index is 3.47. The quantitative estimate of drug-likeness (QED) is 0.862. The maximum Gasteiger partial charge on any atom is 0.0579 e. The molecule has 0 heterocycles. The molecule has 1 unspecified atom stereocenters. The van der Waals surface area contributed by atoms with Crippen LogP contribution in [0.15, 0.2) is 42.5 Å². The van der Waals surface area contributed by atoms with Gasteiger partial charge in [-0.15, -0.1) is 0 Å². The molecular formula is C18H23N. The molecule has 0 amide bonds. The molecule has 0 saturated carbocycles. The monoisotopic (exact) mass is 253 g/mol. The summed E-state index contributed by atoms with van der Waals surface area (Å²) < 4.78 is 0. The molecule has 0 radical (unpaired) electrons. The van der Waals surface area contributed by atoms with Gasteiger partial charge >= 0.3 is 0 Å². The lowest BCUT2D eigenvalue weighted by molar-refractivity contribution is 0.680. The Labute approximate surface area is 116 Å². The lowest BCUT2D eigenvalue weighted by Gasteiger charge is -2.22. The van der Waals surface area contributed by atoms with E-state index in [9.17, 15) is 0 Å². The second-order valence-corrected chi connectivity index (χ2v) is 5.13. The van der Waals surface area contributed by atoms with E-state index in [4.69, 9.17) is 0 Å². The Hall–Kier alpha value is -1.60. The lowest BCUT2D eigenvalue weighted by atomic mass is 9.90. The van der Waals surface area contributed by atoms with Crippen LogP contribution in [0.4, 0.5) is 0 Å². The highest BCUT2D eigenvalue weighted by molar-refractivity contribution is 5.41. The van der Waals surface area contributed by atoms with E-state index in [1.54, 1.807) is 0 Å². The maximum atomic E-state index is 3.47. The molecule has 0 bridgehead atoms. The van der Waals surface area contributed by atoms with Gasteiger partial charge in [0, 0.05) is 0 Å². The molecule has 1 heteroatoms. The van der Waals surface area contributed by atoms with Gasteiger partial charge in [0.25, 0.3) is 0 Å². The molecule has 0 aromatic heterocycles. The summed E-state index contributed by atoms with van der Waals surface area (Å²) in [5, 5.41) is 3.47. The van der Waals surface area contributed by atoms with Crippen LogP contribution in [0.1, 0.15) is 40.8 Å². The largest absolute Gasteiger partial charge is 0.309 e. The van der Waals surface area contributed by atoms with Gasteiger partial charge in [0.1, 0.15) is 0 Å². The van der Waals surface area contributed by atoms with Crippen molar-refractivity contribution in [1.82, 2.24) is 5.32 Å². The number of nitrogens with one attached hydrogen (secondary N) is 1. The summed E-state index contributed by atoms with van der Waals surface area (Å²) in [6.45, 7) is 6.56. The number of hydrogen-bond acceptors (Lipinski definition) is 1. The van der Waals surface area contributed by atoms with Crippen LogP contribution < -0.4 is 5.32 Å². The van der Waals surface area contributed by atoms with Crippen LogP contribution in [0.5, 0.6) is 0 Å². The molecule has 1 nitrogen and oxygen atoms in total. The van der Waals surface area contributed by atoms with Gasteiger partial charge in [-0.05, 0) is 49.6 Å². The van der Waals surface area contributed by atoms with E-state index in [1.807, 2.05) is 7.05 Å². The van der Waals surface area contributed by atoms with Crippen LogP contribution in [-0.4, -0.2) is 7.05 Å². The third-order valence-corrected chi connectivity index (χ3v) is 3.77. The first-order valence-corrected chi connectivity index (χ1v) is 6.99. The van der Waals surface area contributed by atoms with Gasteiger partial charge < -0.3 is 5.32 Å². The SMILES string of the molecule is CCc1ccccc1C(NC)c1ccc(C)cc1C. The van der Waals surface area contributed by atoms with E-state index in [2.05, 4.69) is 68.6 Å². The fraction of sp³-hybridized carbons (Fsp3) is 0.333. The highest BCUT2D eigenvalue weighted by Crippen LogP contribution is 2.28. The van der Waals surface area contributed by atoms with Crippen molar-refractivity contribution in [2.75, 3.05) is 7.05 Å². The first-order chi connectivity index (χ1) is 9.17. The van der Waals surface area contributed by atoms with Crippen LogP contribution in [0.3, 0.4) is 0 Å². The topological polar surface area (TPSA) is 12.0 Å². The molecule has 2 rings (SSSR count). The molecule has 19 heavy (non-hydrogen) atoms. The molecule has 0 aliphatic rings. The van der Waals surface area contributed by atoms with Crippen molar-refractivity contribution in [2.24, 2.45) is 0 Å². The summed E-state index contributed by atoms with van der Waals surface area (Å²) in [4.78, 5) is 0. The molecule has 0 saturated heterocycles. The number of benzene rings is 2. The number of hydrogen-bond donors (Lipinski definition) is 1. The van der Waals surface area contributed by atoms with E-state index < -0.39 is 0 Å². The van der Waals surface area contributed by atoms with Crippen molar-refractivity contribution in [1.29, 1.82) is 0 Å². The predicted octanol–water partition coefficient (Wildman–Crippen LogP) is 4.17. The Bertz CT molecular complexity index is 557. The van der Waals surface area contributed by atoms with Gasteiger partial charge in [0.15, 0.2) is 0 Å². The number of rotatable bonds is 4. The van der Waals surface area contributed by atoms with E-state index in [0.717, 1.165) is 6.42 Å². The van der Waals surface area contributed by atoms with Crippen molar-refractivity contribution in [2.45, 2.75) is 33.2 Å². The average molecular weight is 253 g/mol. The minimum atomic E-state index is 0.275. The van der Waals surface area contributed by atoms with Crippen molar-refractivity contribution in [3.8, 4) is 0 Å². The summed E-state index contributed by atoms with van der Waals surface area (Å²) in [7, 11) is 2.04. The highest BCUT2D eigenvalue weighted by atomic mass is 14.9. The molecule has 0 aliphatic carbocycles. The smallest absolute Gasteiger partial charge is 0.0579 e. The molecule has 2 aromatic carbocycles. The summed E-state index contributed by atoms with van der Waals surface area (Å²) in [5.74, 6) is 0. The van der Waals surface area contributed by atoms with Gasteiger partial charge in [-0.1, -0.05) is 55.0 Å². The van der Waals surface area contributed by atoms with Gasteiger partial charge in [-0.3, -0.25) is 0 Å². The number of aryl methyl sites for hydroxylation is 3. The first-order valence-electron chi connectivity index (χ1n) is 6.99. The molecule has 1 N–H and O–H groups in total. The first kappa shape index (κ1) is 13.8. The standard InChI is InChI=1S/C18H23N/c1-5-15-8-6-7-9-17(15)18(19-4)16-11-10-13(2)12-14(16)3/h6-12,18-19H,5H2,1-4H3. The van der Waals surface area contributed by atoms with Crippen LogP contribution in [0.25, 0.3) is 0 Å². The van der Waals surface area contributed by atoms with Crippen molar-refractivity contribution in [3.63, 3.8) is 0 Å². The van der Waals surface area contributed by atoms with Gasteiger partial charge in [0.2, 0.25) is 0 Å². The second kappa shape index (κ2) is 6.03. The minimum absolute atomic E-state index is 0.275. The summed E-state index contributed by atoms with van der Waals surface area (Å²) in [5.41, 5.74) is 6.85. The zero-order valence-electron chi connectivity index (χ0n) is 12.3. The van der Waals surface area contributed by atoms with E-state index >= 15 is 0 Å². The molecule has 2 aromatic rings. The van der Waals surface area contributed by atoms with Crippen molar-refractivity contribution >= 4 is 0 Å². The summed E-state index contributed by atoms with van der Waals surface area (Å²) >= 11 is 0. The third kappa shape index (κ3) is 2.87. The average Bonchev–Trinajstić information content (AvgIpc) is 2.42. The van der Waals surface area contributed by atoms with E-state index in [0.29, 0.717) is 0 Å². The van der Waals surface area contributed by atoms with Crippen molar-refractivity contribution < 1.29 is 0 Å². The Balaban J connectivity index is 2.50. The summed E-state index contributed by atoms with van der Waals surface area (Å²) in [6, 6.07) is 15.7. The zero-order valence-corrected chi connectivity index (χ0v) is 12.3. The fourth-order valence-corrected chi connectivity index (χ4v) is 2.77. The Kier molecular flexibility index (Phi) is 4.39. The highest BCUT2D eigenvalue weighted by Gasteiger charge is 2.16. The Morgan fingerprint density at radius 3 is 2.37 bits per heavy atom. The predicted molar refractivity (Wildman–Crippen MR) is 82.6 cm³/mol. The van der Waals surface area contributed by atoms with Crippen LogP contribution in [0.2, 0.25) is 0 Å². The molecular weight excluding hydrogens is 230 g/mol. The lowest BCUT2D eigenvalue weighted by Crippen LogP contribution is -2.20. The third-order valence-electron chi connectivity index (χ3n) is 3.77. The molecule has 1 atom stereocenters. The minimum Gasteiger partial charge on any atom is -0.309 e. The zero-order chi connectivity index (χ0) is 13.8. The van der Waals surface area contributed by atoms with Crippen LogP contribution in [0, 0.1) is 13.8 Å². The Morgan fingerprint density at radius 1 is 1.00 bits per heavy atom. The normalized spacial score (nSPS) is 12.4. The molecule has 0 aliphatic heterocycles. The van der Waals surface area contributed by atoms with Crippen molar-refractivity contribution in [3.05, 3.63) is 70.3 Å². The summed E-state index contributed by atoms with van der Waals surface area (Å²) in [6.07, 6.45) is 1.07. The van der Waals surface area contributed by atoms with E-state index in [-0.39, 0.29) is 6.04 Å². The van der Waals surface area contributed by atoms with Gasteiger partial charge in [-0.25, -0.2) is 0 Å². The van der Waals surface area contributed by atoms with Gasteiger partial charge in [0.05, 0.1) is 6.04 Å². The molecule has 100 valence electrons. The molecule has 0 fully saturated rings. The van der Waals surface area contributed by atoms with E-state index in [1.165, 1.54) is 27.8 Å². The Morgan fingerprint density at radius 2 is 1.74 bits per heavy atom. The molecule has 0 spiro atoms. The second-order valence-electron chi connectivity index (χ2n) is 5.13. The van der Waals surface area contributed by atoms with Crippen LogP contribution >= 0.6 is 0 Å².